The third kappa shape index (κ3) is 2.71. The van der Waals surface area contributed by atoms with Crippen LogP contribution in [0.2, 0.25) is 0 Å². The third-order valence-corrected chi connectivity index (χ3v) is 4.19. The zero-order valence-electron chi connectivity index (χ0n) is 10.4. The highest BCUT2D eigenvalue weighted by molar-refractivity contribution is 4.86. The summed E-state index contributed by atoms with van der Waals surface area (Å²) in [5.74, 6) is 0.861. The molecule has 0 amide bonds. The molecule has 3 atom stereocenters. The zero-order chi connectivity index (χ0) is 10.8. The van der Waals surface area contributed by atoms with Gasteiger partial charge in [0.15, 0.2) is 0 Å². The number of hydrogen-bond donors (Lipinski definition) is 1. The van der Waals surface area contributed by atoms with Crippen LogP contribution in [0.4, 0.5) is 0 Å². The van der Waals surface area contributed by atoms with Crippen molar-refractivity contribution in [1.82, 2.24) is 15.1 Å². The van der Waals surface area contributed by atoms with E-state index in [-0.39, 0.29) is 0 Å². The first-order chi connectivity index (χ1) is 7.16. The molecule has 2 rings (SSSR count). The number of piperazine rings is 1. The maximum Gasteiger partial charge on any atom is 0.0221 e. The van der Waals surface area contributed by atoms with Crippen molar-refractivity contribution in [2.24, 2.45) is 5.92 Å². The van der Waals surface area contributed by atoms with Gasteiger partial charge in [-0.05, 0) is 32.9 Å². The van der Waals surface area contributed by atoms with Gasteiger partial charge in [0, 0.05) is 38.3 Å². The molecule has 3 heteroatoms. The van der Waals surface area contributed by atoms with E-state index in [0.29, 0.717) is 0 Å². The lowest BCUT2D eigenvalue weighted by molar-refractivity contribution is 0.0952. The average Bonchev–Trinajstić information content (AvgIpc) is 2.59. The van der Waals surface area contributed by atoms with E-state index in [9.17, 15) is 0 Å². The van der Waals surface area contributed by atoms with Crippen molar-refractivity contribution in [1.29, 1.82) is 0 Å². The summed E-state index contributed by atoms with van der Waals surface area (Å²) in [5, 5.41) is 3.62. The van der Waals surface area contributed by atoms with Crippen LogP contribution in [0.5, 0.6) is 0 Å². The normalized spacial score (nSPS) is 39.8. The van der Waals surface area contributed by atoms with Crippen molar-refractivity contribution in [2.75, 3.05) is 39.8 Å². The van der Waals surface area contributed by atoms with Gasteiger partial charge in [-0.2, -0.15) is 0 Å². The minimum absolute atomic E-state index is 0.718. The lowest BCUT2D eigenvalue weighted by Gasteiger charge is -2.39. The quantitative estimate of drug-likeness (QED) is 0.722. The maximum atomic E-state index is 3.62. The van der Waals surface area contributed by atoms with E-state index < -0.39 is 0 Å². The van der Waals surface area contributed by atoms with Crippen molar-refractivity contribution >= 4 is 0 Å². The number of nitrogens with one attached hydrogen (secondary N) is 1. The molecule has 2 heterocycles. The Morgan fingerprint density at radius 2 is 2.07 bits per heavy atom. The SMILES string of the molecule is CC1CCNC1CN1CCN(C)C(C)C1. The predicted molar refractivity (Wildman–Crippen MR) is 64.1 cm³/mol. The largest absolute Gasteiger partial charge is 0.312 e. The van der Waals surface area contributed by atoms with Crippen LogP contribution in [0.1, 0.15) is 20.3 Å². The van der Waals surface area contributed by atoms with Gasteiger partial charge < -0.3 is 10.2 Å². The first-order valence-corrected chi connectivity index (χ1v) is 6.33. The fraction of sp³-hybridized carbons (Fsp3) is 1.00. The van der Waals surface area contributed by atoms with Gasteiger partial charge in [0.1, 0.15) is 0 Å². The summed E-state index contributed by atoms with van der Waals surface area (Å²) in [6.45, 7) is 10.9. The molecule has 2 aliphatic rings. The first kappa shape index (κ1) is 11.4. The Kier molecular flexibility index (Phi) is 3.65. The lowest BCUT2D eigenvalue weighted by atomic mass is 10.0. The van der Waals surface area contributed by atoms with Crippen LogP contribution in [0.25, 0.3) is 0 Å². The molecule has 0 aromatic carbocycles. The van der Waals surface area contributed by atoms with Gasteiger partial charge in [-0.3, -0.25) is 4.90 Å². The summed E-state index contributed by atoms with van der Waals surface area (Å²) < 4.78 is 0. The highest BCUT2D eigenvalue weighted by Gasteiger charge is 2.27. The molecule has 0 aliphatic carbocycles. The Morgan fingerprint density at radius 3 is 2.67 bits per heavy atom. The molecule has 2 saturated heterocycles. The molecule has 0 bridgehead atoms. The summed E-state index contributed by atoms with van der Waals surface area (Å²) in [5.41, 5.74) is 0. The number of rotatable bonds is 2. The van der Waals surface area contributed by atoms with Gasteiger partial charge in [-0.25, -0.2) is 0 Å². The number of likely N-dealkylation sites (N-methyl/N-ethyl adjacent to an activating group) is 1. The van der Waals surface area contributed by atoms with E-state index in [1.54, 1.807) is 0 Å². The molecule has 1 N–H and O–H groups in total. The minimum atomic E-state index is 0.718. The maximum absolute atomic E-state index is 3.62. The molecule has 0 spiro atoms. The highest BCUT2D eigenvalue weighted by atomic mass is 15.3. The van der Waals surface area contributed by atoms with Crippen molar-refractivity contribution < 1.29 is 0 Å². The van der Waals surface area contributed by atoms with E-state index >= 15 is 0 Å². The lowest BCUT2D eigenvalue weighted by Crippen LogP contribution is -2.53. The molecule has 0 aromatic heterocycles. The summed E-state index contributed by atoms with van der Waals surface area (Å²) in [6, 6.07) is 1.45. The van der Waals surface area contributed by atoms with Crippen LogP contribution in [0, 0.1) is 5.92 Å². The monoisotopic (exact) mass is 211 g/mol. The highest BCUT2D eigenvalue weighted by Crippen LogP contribution is 2.17. The predicted octanol–water partition coefficient (Wildman–Crippen LogP) is 0.620. The topological polar surface area (TPSA) is 18.5 Å². The molecule has 0 aromatic rings. The number of nitrogens with zero attached hydrogens (tertiary/aromatic N) is 2. The van der Waals surface area contributed by atoms with Gasteiger partial charge in [-0.1, -0.05) is 6.92 Å². The Labute approximate surface area is 93.8 Å². The van der Waals surface area contributed by atoms with Gasteiger partial charge >= 0.3 is 0 Å². The van der Waals surface area contributed by atoms with Crippen LogP contribution < -0.4 is 5.32 Å². The Bertz CT molecular complexity index is 207. The second-order valence-electron chi connectivity index (χ2n) is 5.42. The third-order valence-electron chi connectivity index (χ3n) is 4.19. The molecule has 2 aliphatic heterocycles. The van der Waals surface area contributed by atoms with Crippen LogP contribution in [0.15, 0.2) is 0 Å². The Balaban J connectivity index is 1.80. The standard InChI is InChI=1S/C12H25N3/c1-10-4-5-13-12(10)9-15-7-6-14(3)11(2)8-15/h10-13H,4-9H2,1-3H3. The molecular formula is C12H25N3. The van der Waals surface area contributed by atoms with Gasteiger partial charge in [-0.15, -0.1) is 0 Å². The van der Waals surface area contributed by atoms with Gasteiger partial charge in [0.2, 0.25) is 0 Å². The summed E-state index contributed by atoms with van der Waals surface area (Å²) >= 11 is 0. The van der Waals surface area contributed by atoms with Crippen molar-refractivity contribution in [3.8, 4) is 0 Å². The summed E-state index contributed by atoms with van der Waals surface area (Å²) in [6.07, 6.45) is 1.36. The molecule has 3 unspecified atom stereocenters. The van der Waals surface area contributed by atoms with E-state index in [2.05, 4.69) is 36.0 Å². The molecule has 15 heavy (non-hydrogen) atoms. The average molecular weight is 211 g/mol. The summed E-state index contributed by atoms with van der Waals surface area (Å²) in [7, 11) is 2.23. The number of hydrogen-bond acceptors (Lipinski definition) is 3. The van der Waals surface area contributed by atoms with E-state index in [1.165, 1.54) is 39.1 Å². The minimum Gasteiger partial charge on any atom is -0.312 e. The molecule has 2 fully saturated rings. The smallest absolute Gasteiger partial charge is 0.0221 e. The molecule has 0 saturated carbocycles. The van der Waals surface area contributed by atoms with Gasteiger partial charge in [0.05, 0.1) is 0 Å². The van der Waals surface area contributed by atoms with Crippen LogP contribution >= 0.6 is 0 Å². The second kappa shape index (κ2) is 4.81. The molecule has 88 valence electrons. The zero-order valence-corrected chi connectivity index (χ0v) is 10.4. The van der Waals surface area contributed by atoms with Crippen molar-refractivity contribution in [2.45, 2.75) is 32.4 Å². The van der Waals surface area contributed by atoms with Crippen LogP contribution in [0.3, 0.4) is 0 Å². The van der Waals surface area contributed by atoms with Crippen LogP contribution in [-0.4, -0.2) is 61.7 Å². The fourth-order valence-corrected chi connectivity index (χ4v) is 2.71. The first-order valence-electron chi connectivity index (χ1n) is 6.33. The fourth-order valence-electron chi connectivity index (χ4n) is 2.71. The van der Waals surface area contributed by atoms with Gasteiger partial charge in [0.25, 0.3) is 0 Å². The molecule has 3 nitrogen and oxygen atoms in total. The van der Waals surface area contributed by atoms with Crippen LogP contribution in [-0.2, 0) is 0 Å². The Hall–Kier alpha value is -0.120. The molecule has 0 radical (unpaired) electrons. The van der Waals surface area contributed by atoms with E-state index in [4.69, 9.17) is 0 Å². The summed E-state index contributed by atoms with van der Waals surface area (Å²) in [4.78, 5) is 5.09. The van der Waals surface area contributed by atoms with Crippen molar-refractivity contribution in [3.05, 3.63) is 0 Å². The second-order valence-corrected chi connectivity index (χ2v) is 5.42. The Morgan fingerprint density at radius 1 is 1.27 bits per heavy atom. The van der Waals surface area contributed by atoms with E-state index in [0.717, 1.165) is 18.0 Å². The molecular weight excluding hydrogens is 186 g/mol. The van der Waals surface area contributed by atoms with E-state index in [1.807, 2.05) is 0 Å². The van der Waals surface area contributed by atoms with Crippen molar-refractivity contribution in [3.63, 3.8) is 0 Å².